The van der Waals surface area contributed by atoms with Gasteiger partial charge in [-0.2, -0.15) is 0 Å². The number of nitrogens with one attached hydrogen (secondary N) is 2. The summed E-state index contributed by atoms with van der Waals surface area (Å²) in [6, 6.07) is -0.00333. The summed E-state index contributed by atoms with van der Waals surface area (Å²) in [5.74, 6) is -0.162. The molecule has 2 N–H and O–H groups in total. The number of carbonyl (C=O) groups excluding carboxylic acids is 2. The van der Waals surface area contributed by atoms with Crippen LogP contribution in [0.4, 0.5) is 0 Å². The molecule has 0 aliphatic carbocycles. The van der Waals surface area contributed by atoms with E-state index in [4.69, 9.17) is 0 Å². The van der Waals surface area contributed by atoms with Crippen LogP contribution in [-0.2, 0) is 9.59 Å². The summed E-state index contributed by atoms with van der Waals surface area (Å²) in [5, 5.41) is 5.24. The van der Waals surface area contributed by atoms with Crippen LogP contribution in [0.2, 0.25) is 0 Å². The average Bonchev–Trinajstić information content (AvgIpc) is 1.82. The first kappa shape index (κ1) is 9.94. The minimum Gasteiger partial charge on any atom is -0.354 e. The van der Waals surface area contributed by atoms with Crippen molar-refractivity contribution in [1.82, 2.24) is 10.6 Å². The summed E-state index contributed by atoms with van der Waals surface area (Å²) < 4.78 is 0. The first-order valence-electron chi connectivity index (χ1n) is 3.54. The third kappa shape index (κ3) is 6.83. The van der Waals surface area contributed by atoms with Crippen molar-refractivity contribution < 1.29 is 9.59 Å². The molecule has 0 aromatic heterocycles. The van der Waals surface area contributed by atoms with E-state index in [2.05, 4.69) is 10.6 Å². The van der Waals surface area contributed by atoms with Crippen LogP contribution in [-0.4, -0.2) is 24.4 Å². The van der Waals surface area contributed by atoms with Crippen LogP contribution in [0, 0.1) is 0 Å². The molecule has 0 saturated carbocycles. The van der Waals surface area contributed by atoms with Crippen LogP contribution in [0.25, 0.3) is 0 Å². The Hall–Kier alpha value is -1.06. The Kier molecular flexibility index (Phi) is 4.26. The maximum atomic E-state index is 10.5. The van der Waals surface area contributed by atoms with E-state index in [0.717, 1.165) is 0 Å². The number of rotatable bonds is 3. The maximum Gasteiger partial charge on any atom is 0.217 e. The minimum absolute atomic E-state index is 0.00333. The Morgan fingerprint density at radius 2 is 1.82 bits per heavy atom. The molecule has 4 nitrogen and oxygen atoms in total. The second-order valence-electron chi connectivity index (χ2n) is 2.54. The van der Waals surface area contributed by atoms with Gasteiger partial charge in [-0.25, -0.2) is 0 Å². The van der Waals surface area contributed by atoms with Gasteiger partial charge in [-0.3, -0.25) is 9.59 Å². The van der Waals surface area contributed by atoms with Gasteiger partial charge in [0, 0.05) is 26.4 Å². The molecule has 64 valence electrons. The summed E-state index contributed by atoms with van der Waals surface area (Å²) in [6.45, 7) is 5.21. The maximum absolute atomic E-state index is 10.5. The molecular formula is C7H14N2O2. The summed E-state index contributed by atoms with van der Waals surface area (Å²) >= 11 is 0. The molecule has 0 aliphatic rings. The van der Waals surface area contributed by atoms with Crippen molar-refractivity contribution in [3.05, 3.63) is 0 Å². The largest absolute Gasteiger partial charge is 0.354 e. The molecule has 0 radical (unpaired) electrons. The minimum atomic E-state index is -0.0813. The molecule has 2 amide bonds. The van der Waals surface area contributed by atoms with Crippen LogP contribution in [0.5, 0.6) is 0 Å². The Morgan fingerprint density at radius 3 is 2.18 bits per heavy atom. The van der Waals surface area contributed by atoms with Gasteiger partial charge in [0.1, 0.15) is 0 Å². The lowest BCUT2D eigenvalue weighted by Gasteiger charge is -2.11. The number of amides is 2. The van der Waals surface area contributed by atoms with Crippen LogP contribution in [0.3, 0.4) is 0 Å². The van der Waals surface area contributed by atoms with Crippen LogP contribution >= 0.6 is 0 Å². The molecule has 4 heteroatoms. The van der Waals surface area contributed by atoms with Crippen LogP contribution in [0.15, 0.2) is 0 Å². The Labute approximate surface area is 66.4 Å². The predicted octanol–water partition coefficient (Wildman–Crippen LogP) is -0.353. The molecule has 0 fully saturated rings. The van der Waals surface area contributed by atoms with Gasteiger partial charge < -0.3 is 10.6 Å². The summed E-state index contributed by atoms with van der Waals surface area (Å²) in [5.41, 5.74) is 0. The van der Waals surface area contributed by atoms with Gasteiger partial charge in [0.05, 0.1) is 0 Å². The van der Waals surface area contributed by atoms with Gasteiger partial charge in [0.2, 0.25) is 11.8 Å². The van der Waals surface area contributed by atoms with Crippen molar-refractivity contribution in [3.63, 3.8) is 0 Å². The van der Waals surface area contributed by atoms with E-state index in [1.165, 1.54) is 13.8 Å². The second kappa shape index (κ2) is 4.71. The van der Waals surface area contributed by atoms with Crippen molar-refractivity contribution in [2.24, 2.45) is 0 Å². The Balaban J connectivity index is 3.44. The van der Waals surface area contributed by atoms with Crippen molar-refractivity contribution in [2.75, 3.05) is 6.54 Å². The normalized spacial score (nSPS) is 11.9. The highest BCUT2D eigenvalue weighted by Gasteiger charge is 2.02. The second-order valence-corrected chi connectivity index (χ2v) is 2.54. The smallest absolute Gasteiger partial charge is 0.217 e. The highest BCUT2D eigenvalue weighted by molar-refractivity contribution is 5.74. The fourth-order valence-electron chi connectivity index (χ4n) is 0.695. The summed E-state index contributed by atoms with van der Waals surface area (Å²) in [6.07, 6.45) is 0. The van der Waals surface area contributed by atoms with Gasteiger partial charge in [0.15, 0.2) is 0 Å². The van der Waals surface area contributed by atoms with Crippen LogP contribution in [0.1, 0.15) is 20.8 Å². The topological polar surface area (TPSA) is 58.2 Å². The molecule has 0 saturated heterocycles. The zero-order valence-corrected chi connectivity index (χ0v) is 7.10. The number of hydrogen-bond acceptors (Lipinski definition) is 2. The van der Waals surface area contributed by atoms with Gasteiger partial charge in [0.25, 0.3) is 0 Å². The molecule has 0 aromatic carbocycles. The molecule has 0 rings (SSSR count). The highest BCUT2D eigenvalue weighted by atomic mass is 16.2. The Bertz CT molecular complexity index is 157. The number of hydrogen-bond donors (Lipinski definition) is 2. The molecule has 0 spiro atoms. The molecule has 0 aromatic rings. The molecule has 1 atom stereocenters. The standard InChI is InChI=1S/C7H14N2O2/c1-5(9-7(3)11)4-8-6(2)10/h5H,4H2,1-3H3,(H,8,10)(H,9,11). The third-order valence-corrected chi connectivity index (χ3v) is 1.11. The van der Waals surface area contributed by atoms with E-state index in [-0.39, 0.29) is 17.9 Å². The summed E-state index contributed by atoms with van der Waals surface area (Å²) in [4.78, 5) is 20.9. The molecule has 0 heterocycles. The summed E-state index contributed by atoms with van der Waals surface area (Å²) in [7, 11) is 0. The van der Waals surface area contributed by atoms with E-state index < -0.39 is 0 Å². The molecule has 0 aliphatic heterocycles. The first-order chi connectivity index (χ1) is 5.02. The molecular weight excluding hydrogens is 144 g/mol. The van der Waals surface area contributed by atoms with Crippen molar-refractivity contribution in [2.45, 2.75) is 26.8 Å². The average molecular weight is 158 g/mol. The van der Waals surface area contributed by atoms with Crippen molar-refractivity contribution in [3.8, 4) is 0 Å². The van der Waals surface area contributed by atoms with E-state index in [1.54, 1.807) is 0 Å². The predicted molar refractivity (Wildman–Crippen MR) is 42.0 cm³/mol. The zero-order chi connectivity index (χ0) is 8.85. The zero-order valence-electron chi connectivity index (χ0n) is 7.10. The van der Waals surface area contributed by atoms with Gasteiger partial charge in [-0.05, 0) is 6.92 Å². The van der Waals surface area contributed by atoms with E-state index in [0.29, 0.717) is 6.54 Å². The lowest BCUT2D eigenvalue weighted by Crippen LogP contribution is -2.40. The highest BCUT2D eigenvalue weighted by Crippen LogP contribution is 1.77. The van der Waals surface area contributed by atoms with Crippen molar-refractivity contribution >= 4 is 11.8 Å². The quantitative estimate of drug-likeness (QED) is 0.589. The van der Waals surface area contributed by atoms with E-state index in [1.807, 2.05) is 6.92 Å². The van der Waals surface area contributed by atoms with E-state index >= 15 is 0 Å². The Morgan fingerprint density at radius 1 is 1.27 bits per heavy atom. The monoisotopic (exact) mass is 158 g/mol. The third-order valence-electron chi connectivity index (χ3n) is 1.11. The first-order valence-corrected chi connectivity index (χ1v) is 3.54. The van der Waals surface area contributed by atoms with Gasteiger partial charge in [-0.1, -0.05) is 0 Å². The lowest BCUT2D eigenvalue weighted by atomic mass is 10.3. The SMILES string of the molecule is CC(=O)NCC(C)NC(C)=O. The van der Waals surface area contributed by atoms with E-state index in [9.17, 15) is 9.59 Å². The van der Waals surface area contributed by atoms with Crippen LogP contribution < -0.4 is 10.6 Å². The van der Waals surface area contributed by atoms with Gasteiger partial charge in [-0.15, -0.1) is 0 Å². The van der Waals surface area contributed by atoms with Gasteiger partial charge >= 0.3 is 0 Å². The fourth-order valence-corrected chi connectivity index (χ4v) is 0.695. The molecule has 11 heavy (non-hydrogen) atoms. The molecule has 0 bridgehead atoms. The lowest BCUT2D eigenvalue weighted by molar-refractivity contribution is -0.121. The molecule has 1 unspecified atom stereocenters. The number of carbonyl (C=O) groups is 2. The van der Waals surface area contributed by atoms with Crippen molar-refractivity contribution in [1.29, 1.82) is 0 Å². The fraction of sp³-hybridized carbons (Fsp3) is 0.714.